The van der Waals surface area contributed by atoms with E-state index in [1.165, 1.54) is 37.4 Å². The monoisotopic (exact) mass is 2120 g/mol. The van der Waals surface area contributed by atoms with Gasteiger partial charge in [-0.25, -0.2) is 14.4 Å². The standard InChI is InChI=1S/C22H19N3O6.C21H21N3O5.C19H18ClN3O5S.C14H17N3O4.C12H11NO2.C10H12N2O2.C5H2Cl2OS/c26-19-13-30-10-9-23(19)14-5-7-15(8-6-14)24-11-16(31-22(24)29)12-25-20(27)17-3-1-2-4-18(17)21(25)28;25-16(12-24-20(27)17-3-1-2-4-18(17)21(24)28)11-22-14-5-7-15(8-6-14)23-9-10-29-13-19(23)26;20-16-6-5-15(29-16)18(25)21-9-14-10-23(19(26)28-14)13-3-1-12(2-4-13)22-7-8-27-11-17(22)24;15-7-12-8-17(14(19)21-12)11-3-1-10(2-4-11)16-5-6-20-9-13(16)18;14-11-9-3-1-2-4-10(9)12(15)13(11)7-8-5-6-8;11-8-1-3-9(4-2-8)12-5-6-14-7-10(12)13;6-4-2-1-3(9-4)5(7)8/h1-8,16H,9-13H2;1-8,16,22,25H,9-13H2;1-6,14H,7-11H2,(H,21,25);1-4,12H,5-9,15H2;1-4,8H,5-7H2;1-4H,5-7,11H2;1-2H/t2*16-;14-;12-;;;/m1100.../s1. The lowest BCUT2D eigenvalue weighted by molar-refractivity contribution is -0.126. The SMILES string of the molecule is NC[C@H]1CN(c2ccc(N3CCOCC3=O)cc2)C(=O)O1.Nc1ccc(N2CCOCC2=O)cc1.O=C(Cl)c1ccc(Cl)s1.O=C(NC[C@H]1CN(c2ccc(N3CCOCC3=O)cc2)C(=O)O1)c1ccc(Cl)s1.O=C1c2ccccc2C(=O)N1CC1CC1.O=C1c2ccccc2C(=O)N1C[C@H](O)CNc1ccc(N2CCOCC2=O)cc1.O=C1c2ccccc2C(=O)N1C[C@H]1CN(c2ccc(N3CCOCC3=O)cc2)C(=O)O1. The molecule has 2 aromatic heterocycles. The van der Waals surface area contributed by atoms with E-state index in [0.717, 1.165) is 62.5 Å². The summed E-state index contributed by atoms with van der Waals surface area (Å²) in [6, 6.07) is 62.8. The molecular formula is C103H100Cl3N15O25S2. The molecule has 770 valence electrons. The first-order chi connectivity index (χ1) is 71.5. The zero-order valence-electron chi connectivity index (χ0n) is 79.3. The van der Waals surface area contributed by atoms with Crippen molar-refractivity contribution in [3.63, 3.8) is 0 Å². The van der Waals surface area contributed by atoms with Crippen LogP contribution in [0.3, 0.4) is 0 Å². The molecule has 1 saturated carbocycles. The second kappa shape index (κ2) is 49.1. The van der Waals surface area contributed by atoms with Crippen LogP contribution in [0.25, 0.3) is 0 Å². The van der Waals surface area contributed by atoms with Crippen LogP contribution in [0.15, 0.2) is 218 Å². The number of β-amino-alcohol motifs (C(OH)–C–C–N with tert-alkyl or cyclic N) is 1. The van der Waals surface area contributed by atoms with Gasteiger partial charge in [0.1, 0.15) is 51.3 Å². The van der Waals surface area contributed by atoms with Crippen LogP contribution in [0.4, 0.5) is 71.3 Å². The number of ether oxygens (including phenoxy) is 8. The summed E-state index contributed by atoms with van der Waals surface area (Å²) >= 11 is 18.9. The van der Waals surface area contributed by atoms with Gasteiger partial charge in [-0.1, -0.05) is 59.6 Å². The highest BCUT2D eigenvalue weighted by molar-refractivity contribution is 7.19. The predicted molar refractivity (Wildman–Crippen MR) is 548 cm³/mol. The molecule has 7 N–H and O–H groups in total. The molecule has 45 heteroatoms. The van der Waals surface area contributed by atoms with E-state index in [9.17, 15) is 81.8 Å². The van der Waals surface area contributed by atoms with Crippen molar-refractivity contribution in [2.75, 3.05) is 208 Å². The van der Waals surface area contributed by atoms with Gasteiger partial charge in [0.15, 0.2) is 0 Å². The van der Waals surface area contributed by atoms with Gasteiger partial charge in [0.2, 0.25) is 0 Å². The number of nitrogens with two attached hydrogens (primary N) is 2. The maximum absolute atomic E-state index is 12.6. The molecule has 22 rings (SSSR count). The summed E-state index contributed by atoms with van der Waals surface area (Å²) in [5, 5.41) is 15.7. The summed E-state index contributed by atoms with van der Waals surface area (Å²) in [7, 11) is 0. The molecule has 0 spiro atoms. The average molecular weight is 2120 g/mol. The number of nitrogens with one attached hydrogen (secondary N) is 2. The van der Waals surface area contributed by atoms with Crippen molar-refractivity contribution in [3.8, 4) is 0 Å². The minimum Gasteiger partial charge on any atom is -0.443 e. The molecule has 40 nitrogen and oxygen atoms in total. The Kier molecular flexibility index (Phi) is 35.1. The molecule has 8 saturated heterocycles. The lowest BCUT2D eigenvalue weighted by Gasteiger charge is -2.27. The van der Waals surface area contributed by atoms with Gasteiger partial charge >= 0.3 is 18.3 Å². The van der Waals surface area contributed by atoms with E-state index in [2.05, 4.69) is 10.6 Å². The predicted octanol–water partition coefficient (Wildman–Crippen LogP) is 10.7. The first kappa shape index (κ1) is 106. The van der Waals surface area contributed by atoms with Crippen LogP contribution < -0.4 is 61.3 Å². The van der Waals surface area contributed by atoms with Crippen molar-refractivity contribution in [3.05, 3.63) is 270 Å². The fourth-order valence-electron chi connectivity index (χ4n) is 17.0. The van der Waals surface area contributed by atoms with E-state index in [1.807, 2.05) is 48.5 Å². The maximum Gasteiger partial charge on any atom is 0.414 e. The van der Waals surface area contributed by atoms with Crippen molar-refractivity contribution in [1.82, 2.24) is 20.0 Å². The lowest BCUT2D eigenvalue weighted by Crippen LogP contribution is -2.41. The van der Waals surface area contributed by atoms with Crippen LogP contribution >= 0.6 is 57.5 Å². The normalized spacial score (nSPS) is 19.0. The first-order valence-corrected chi connectivity index (χ1v) is 49.9. The van der Waals surface area contributed by atoms with Crippen LogP contribution in [0.5, 0.6) is 0 Å². The number of thiophene rings is 2. The van der Waals surface area contributed by atoms with E-state index in [1.54, 1.807) is 199 Å². The highest BCUT2D eigenvalue weighted by Gasteiger charge is 2.44. The molecule has 148 heavy (non-hydrogen) atoms. The zero-order chi connectivity index (χ0) is 104. The molecule has 0 radical (unpaired) electrons. The number of carbonyl (C=O) groups is 16. The summed E-state index contributed by atoms with van der Waals surface area (Å²) in [6.07, 6.45) is -1.38. The summed E-state index contributed by atoms with van der Waals surface area (Å²) in [5.74, 6) is -1.81. The molecule has 13 heterocycles. The number of amides is 15. The number of hydrogen-bond donors (Lipinski definition) is 5. The summed E-state index contributed by atoms with van der Waals surface area (Å²) in [6.45, 7) is 7.94. The Morgan fingerprint density at radius 1 is 0.372 bits per heavy atom. The van der Waals surface area contributed by atoms with Crippen LogP contribution in [0.2, 0.25) is 8.67 Å². The Balaban J connectivity index is 0.000000127. The minimum atomic E-state index is -0.919. The number of nitrogen functional groups attached to an aromatic ring is 1. The fourth-order valence-corrected chi connectivity index (χ4v) is 19.0. The van der Waals surface area contributed by atoms with Crippen LogP contribution in [-0.4, -0.2) is 296 Å². The first-order valence-electron chi connectivity index (χ1n) is 47.1. The van der Waals surface area contributed by atoms with E-state index in [0.29, 0.717) is 167 Å². The van der Waals surface area contributed by atoms with Crippen LogP contribution in [0, 0.1) is 5.92 Å². The second-order valence-electron chi connectivity index (χ2n) is 34.7. The van der Waals surface area contributed by atoms with Gasteiger partial charge < -0.3 is 89.6 Å². The van der Waals surface area contributed by atoms with Gasteiger partial charge in [0.05, 0.1) is 130 Å². The number of fused-ring (bicyclic) bond motifs is 3. The quantitative estimate of drug-likeness (QED) is 0.0182. The largest absolute Gasteiger partial charge is 0.443 e. The Morgan fingerprint density at radius 2 is 0.669 bits per heavy atom. The minimum absolute atomic E-state index is 0.000946. The number of morpholine rings is 5. The van der Waals surface area contributed by atoms with Gasteiger partial charge in [-0.05, 0) is 212 Å². The second-order valence-corrected chi connectivity index (χ2v) is 38.5. The summed E-state index contributed by atoms with van der Waals surface area (Å²) in [4.78, 5) is 209. The molecule has 8 aromatic carbocycles. The third-order valence-corrected chi connectivity index (χ3v) is 27.5. The Bertz CT molecular complexity index is 6540. The van der Waals surface area contributed by atoms with Gasteiger partial charge in [0, 0.05) is 109 Å². The smallest absolute Gasteiger partial charge is 0.414 e. The number of benzene rings is 8. The van der Waals surface area contributed by atoms with Crippen LogP contribution in [0.1, 0.15) is 94.3 Å². The third kappa shape index (κ3) is 26.0. The lowest BCUT2D eigenvalue weighted by atomic mass is 10.1. The molecule has 15 amide bonds. The number of aliphatic hydroxyl groups is 1. The van der Waals surface area contributed by atoms with E-state index in [4.69, 9.17) is 84.2 Å². The number of nitrogens with zero attached hydrogens (tertiary/aromatic N) is 11. The molecular weight excluding hydrogens is 2020 g/mol. The van der Waals surface area contributed by atoms with Crippen molar-refractivity contribution in [1.29, 1.82) is 0 Å². The Morgan fingerprint density at radius 3 is 0.980 bits per heavy atom. The summed E-state index contributed by atoms with van der Waals surface area (Å²) in [5.41, 5.74) is 21.1. The van der Waals surface area contributed by atoms with Crippen molar-refractivity contribution in [2.45, 2.75) is 37.3 Å². The molecule has 4 atom stereocenters. The number of hydrogen-bond acceptors (Lipinski definition) is 30. The number of carbonyl (C=O) groups excluding carboxylic acids is 16. The number of halogens is 3. The van der Waals surface area contributed by atoms with Crippen molar-refractivity contribution < 1.29 is 120 Å². The van der Waals surface area contributed by atoms with E-state index >= 15 is 0 Å². The van der Waals surface area contributed by atoms with Crippen molar-refractivity contribution in [2.24, 2.45) is 11.7 Å². The van der Waals surface area contributed by atoms with E-state index < -0.39 is 35.7 Å². The molecule has 10 aromatic rings. The zero-order valence-corrected chi connectivity index (χ0v) is 83.2. The Hall–Kier alpha value is -14.9. The molecule has 1 aliphatic carbocycles. The maximum atomic E-state index is 12.6. The van der Waals surface area contributed by atoms with Gasteiger partial charge in [-0.3, -0.25) is 91.7 Å². The number of aliphatic hydroxyl groups excluding tert-OH is 1. The van der Waals surface area contributed by atoms with Gasteiger partial charge in [-0.2, -0.15) is 0 Å². The van der Waals surface area contributed by atoms with Gasteiger partial charge in [0.25, 0.3) is 76.1 Å². The number of anilines is 10. The molecule has 0 bridgehead atoms. The topological polar surface area (TPSA) is 479 Å². The van der Waals surface area contributed by atoms with Gasteiger partial charge in [-0.15, -0.1) is 22.7 Å². The molecule has 9 fully saturated rings. The third-order valence-electron chi connectivity index (χ3n) is 24.8. The summed E-state index contributed by atoms with van der Waals surface area (Å²) < 4.78 is 42.6. The average Bonchev–Trinajstić information content (AvgIpc) is 1.62. The van der Waals surface area contributed by atoms with E-state index in [-0.39, 0.29) is 149 Å². The highest BCUT2D eigenvalue weighted by Crippen LogP contribution is 2.37. The molecule has 11 aliphatic heterocycles. The van der Waals surface area contributed by atoms with Crippen molar-refractivity contribution >= 4 is 209 Å². The number of rotatable bonds is 22. The fraction of sp³-hybridized carbons (Fsp3) is 0.301. The number of imide groups is 3. The highest BCUT2D eigenvalue weighted by atomic mass is 35.5. The molecule has 12 aliphatic rings. The Labute approximate surface area is 870 Å². The molecule has 0 unspecified atom stereocenters. The van der Waals surface area contributed by atoms with Crippen LogP contribution in [-0.2, 0) is 61.9 Å². The number of cyclic esters (lactones) is 3.